The summed E-state index contributed by atoms with van der Waals surface area (Å²) < 4.78 is 90.5. The minimum absolute atomic E-state index is 0.00120. The Bertz CT molecular complexity index is 1540. The number of aliphatic imine (C=N–C) groups is 4. The molecule has 26 heteroatoms. The van der Waals surface area contributed by atoms with Crippen LogP contribution in [0.3, 0.4) is 0 Å². The average Bonchev–Trinajstić information content (AvgIpc) is 3.10. The lowest BCUT2D eigenvalue weighted by Gasteiger charge is -2.10. The van der Waals surface area contributed by atoms with Crippen molar-refractivity contribution in [2.24, 2.45) is 42.9 Å². The molecule has 0 bridgehead atoms. The van der Waals surface area contributed by atoms with E-state index in [2.05, 4.69) is 40.4 Å². The molecule has 0 aromatic heterocycles. The highest BCUT2D eigenvalue weighted by molar-refractivity contribution is 5.93. The molecule has 0 aliphatic carbocycles. The van der Waals surface area contributed by atoms with Gasteiger partial charge in [0.15, 0.2) is 0 Å². The Labute approximate surface area is 340 Å². The summed E-state index contributed by atoms with van der Waals surface area (Å²) in [6.45, 7) is 8.47. The molecular weight excluding hydrogens is 822 g/mol. The van der Waals surface area contributed by atoms with Gasteiger partial charge in [-0.25, -0.2) is 20.9 Å². The molecule has 338 valence electrons. The second-order valence-corrected chi connectivity index (χ2v) is 11.8. The van der Waals surface area contributed by atoms with Crippen molar-refractivity contribution in [2.45, 2.75) is 78.2 Å². The number of hydrogen-bond donors (Lipinski definition) is 8. The van der Waals surface area contributed by atoms with Gasteiger partial charge in [0, 0.05) is 24.9 Å². The van der Waals surface area contributed by atoms with Gasteiger partial charge >= 0.3 is 24.7 Å². The molecule has 0 unspecified atom stereocenters. The number of carbonyl (C=O) groups is 2. The van der Waals surface area contributed by atoms with Gasteiger partial charge in [-0.05, 0) is 76.2 Å². The average molecular weight is 873 g/mol. The predicted molar refractivity (Wildman–Crippen MR) is 206 cm³/mol. The normalized spacial score (nSPS) is 12.4. The number of aliphatic carboxylic acids is 2. The maximum Gasteiger partial charge on any atom is 0.573 e. The quantitative estimate of drug-likeness (QED) is 0.0328. The molecule has 2 aromatic carbocycles. The number of carboxylic acids is 2. The Morgan fingerprint density at radius 1 is 0.583 bits per heavy atom. The van der Waals surface area contributed by atoms with Crippen LogP contribution in [0, 0.1) is 0 Å². The molecule has 0 heterocycles. The van der Waals surface area contributed by atoms with E-state index in [9.17, 15) is 35.9 Å². The van der Waals surface area contributed by atoms with Crippen molar-refractivity contribution >= 4 is 35.8 Å². The number of carboxylic acid groups (broad SMARTS) is 2. The van der Waals surface area contributed by atoms with Crippen molar-refractivity contribution in [1.82, 2.24) is 11.0 Å². The van der Waals surface area contributed by atoms with Gasteiger partial charge in [0.05, 0.1) is 39.3 Å². The first-order valence-corrected chi connectivity index (χ1v) is 17.4. The molecule has 12 N–H and O–H groups in total. The molecule has 20 nitrogen and oxygen atoms in total. The zero-order chi connectivity index (χ0) is 45.7. The van der Waals surface area contributed by atoms with E-state index in [1.165, 1.54) is 48.5 Å². The summed E-state index contributed by atoms with van der Waals surface area (Å²) in [7, 11) is 0. The Kier molecular flexibility index (Phi) is 25.8. The molecule has 0 atom stereocenters. The third-order valence-electron chi connectivity index (χ3n) is 5.59. The minimum atomic E-state index is -4.72. The van der Waals surface area contributed by atoms with E-state index < -0.39 is 24.7 Å². The standard InChI is InChI=1S/2C15H22F3N5O3.C4H6O4/c2*1-10(2)21-13(19)22-14(20)23-25-9-3-8-24-11-4-6-12(7-5-11)26-15(16,17)18;5-3(6)1-2-4(7)8/h2*4-7,10H,3,8-9H2,1-2H3,(H5,19,20,21,22,23);1-2H2,(H,5,6)(H,7,8). The predicted octanol–water partition coefficient (Wildman–Crippen LogP) is 3.76. The number of ether oxygens (including phenoxy) is 4. The second kappa shape index (κ2) is 28.9. The molecule has 0 radical (unpaired) electrons. The van der Waals surface area contributed by atoms with Crippen LogP contribution in [0.5, 0.6) is 23.0 Å². The van der Waals surface area contributed by atoms with Crippen molar-refractivity contribution in [1.29, 1.82) is 0 Å². The number of nitrogens with zero attached hydrogens (tertiary/aromatic N) is 4. The summed E-state index contributed by atoms with van der Waals surface area (Å²) in [5.41, 5.74) is 27.0. The molecule has 0 aliphatic rings. The van der Waals surface area contributed by atoms with Gasteiger partial charge in [0.2, 0.25) is 23.8 Å². The maximum absolute atomic E-state index is 12.0. The minimum Gasteiger partial charge on any atom is -0.494 e. The summed E-state index contributed by atoms with van der Waals surface area (Å²) in [5, 5.41) is 15.8. The molecule has 0 saturated heterocycles. The topological polar surface area (TPSA) is 308 Å². The van der Waals surface area contributed by atoms with E-state index in [1.54, 1.807) is 0 Å². The largest absolute Gasteiger partial charge is 0.573 e. The number of benzene rings is 2. The second-order valence-electron chi connectivity index (χ2n) is 11.8. The number of alkyl halides is 6. The van der Waals surface area contributed by atoms with Crippen molar-refractivity contribution in [3.05, 3.63) is 48.5 Å². The van der Waals surface area contributed by atoms with Crippen LogP contribution in [0.1, 0.15) is 53.4 Å². The highest BCUT2D eigenvalue weighted by Gasteiger charge is 2.31. The molecule has 0 saturated carbocycles. The number of halogens is 6. The smallest absolute Gasteiger partial charge is 0.494 e. The third-order valence-corrected chi connectivity index (χ3v) is 5.59. The SMILES string of the molecule is CC(C)N=C(N)N=C(N)NOCCCOc1ccc(OC(F)(F)F)cc1.CC(C)N=C(N)N=C(N)NOCCCOc1ccc(OC(F)(F)F)cc1.O=C(O)CCC(=O)O. The molecule has 60 heavy (non-hydrogen) atoms. The molecule has 2 rings (SSSR count). The van der Waals surface area contributed by atoms with Crippen LogP contribution in [0.15, 0.2) is 68.5 Å². The van der Waals surface area contributed by atoms with Crippen molar-refractivity contribution in [3.63, 3.8) is 0 Å². The lowest BCUT2D eigenvalue weighted by Crippen LogP contribution is -2.34. The summed E-state index contributed by atoms with van der Waals surface area (Å²) in [5.74, 6) is -1.96. The van der Waals surface area contributed by atoms with E-state index in [4.69, 9.17) is 52.3 Å². The maximum atomic E-state index is 12.0. The van der Waals surface area contributed by atoms with Crippen LogP contribution in [0.25, 0.3) is 0 Å². The van der Waals surface area contributed by atoms with Gasteiger partial charge in [0.25, 0.3) is 0 Å². The first kappa shape index (κ1) is 53.6. The number of rotatable bonds is 19. The number of hydrogen-bond acceptors (Lipinski definition) is 10. The van der Waals surface area contributed by atoms with Crippen LogP contribution in [0.4, 0.5) is 26.3 Å². The zero-order valence-electron chi connectivity index (χ0n) is 33.0. The zero-order valence-corrected chi connectivity index (χ0v) is 33.0. The van der Waals surface area contributed by atoms with Crippen molar-refractivity contribution in [3.8, 4) is 23.0 Å². The van der Waals surface area contributed by atoms with Gasteiger partial charge in [-0.15, -0.1) is 26.3 Å². The molecular formula is C34H50F6N10O10. The fraction of sp³-hybridized carbons (Fsp3) is 0.471. The first-order chi connectivity index (χ1) is 27.9. The summed E-state index contributed by atoms with van der Waals surface area (Å²) >= 11 is 0. The van der Waals surface area contributed by atoms with Gasteiger partial charge in [-0.2, -0.15) is 9.98 Å². The number of nitrogens with one attached hydrogen (secondary N) is 2. The fourth-order valence-corrected chi connectivity index (χ4v) is 3.46. The Balaban J connectivity index is 0.000000982. The summed E-state index contributed by atoms with van der Waals surface area (Å²) in [6.07, 6.45) is -9.04. The first-order valence-electron chi connectivity index (χ1n) is 17.4. The number of nitrogens with two attached hydrogens (primary N) is 4. The third kappa shape index (κ3) is 33.7. The Morgan fingerprint density at radius 2 is 0.883 bits per heavy atom. The van der Waals surface area contributed by atoms with Gasteiger partial charge in [-0.1, -0.05) is 0 Å². The van der Waals surface area contributed by atoms with E-state index in [0.29, 0.717) is 24.3 Å². The lowest BCUT2D eigenvalue weighted by molar-refractivity contribution is -0.275. The van der Waals surface area contributed by atoms with Crippen LogP contribution in [-0.2, 0) is 19.3 Å². The molecule has 0 aliphatic heterocycles. The van der Waals surface area contributed by atoms with Crippen LogP contribution >= 0.6 is 0 Å². The summed E-state index contributed by atoms with van der Waals surface area (Å²) in [4.78, 5) is 44.9. The van der Waals surface area contributed by atoms with Gasteiger partial charge < -0.3 is 52.1 Å². The van der Waals surface area contributed by atoms with E-state index in [0.717, 1.165) is 0 Å². The molecule has 0 spiro atoms. The van der Waals surface area contributed by atoms with Crippen LogP contribution in [-0.4, -0.2) is 97.2 Å². The number of hydroxylamine groups is 2. The van der Waals surface area contributed by atoms with Crippen molar-refractivity contribution in [2.75, 3.05) is 26.4 Å². The lowest BCUT2D eigenvalue weighted by atomic mass is 10.3. The summed E-state index contributed by atoms with van der Waals surface area (Å²) in [6, 6.07) is 10.2. The highest BCUT2D eigenvalue weighted by Crippen LogP contribution is 2.26. The fourth-order valence-electron chi connectivity index (χ4n) is 3.46. The van der Waals surface area contributed by atoms with Crippen molar-refractivity contribution < 1.29 is 74.8 Å². The van der Waals surface area contributed by atoms with Crippen LogP contribution < -0.4 is 52.8 Å². The Morgan fingerprint density at radius 3 is 1.15 bits per heavy atom. The van der Waals surface area contributed by atoms with E-state index in [1.807, 2.05) is 27.7 Å². The number of guanidine groups is 4. The monoisotopic (exact) mass is 872 g/mol. The molecule has 2 aromatic rings. The highest BCUT2D eigenvalue weighted by atomic mass is 19.4. The van der Waals surface area contributed by atoms with E-state index >= 15 is 0 Å². The van der Waals surface area contributed by atoms with Crippen LogP contribution in [0.2, 0.25) is 0 Å². The Hall–Kier alpha value is -6.44. The van der Waals surface area contributed by atoms with Gasteiger partial charge in [0.1, 0.15) is 23.0 Å². The van der Waals surface area contributed by atoms with E-state index in [-0.39, 0.29) is 86.7 Å². The molecule has 0 amide bonds. The van der Waals surface area contributed by atoms with Gasteiger partial charge in [-0.3, -0.25) is 19.3 Å². The molecule has 0 fully saturated rings.